The largest absolute Gasteiger partial charge is 0.573 e. The highest BCUT2D eigenvalue weighted by Crippen LogP contribution is 2.30. The van der Waals surface area contributed by atoms with Gasteiger partial charge in [0.25, 0.3) is 0 Å². The van der Waals surface area contributed by atoms with Crippen molar-refractivity contribution in [1.82, 2.24) is 4.98 Å². The summed E-state index contributed by atoms with van der Waals surface area (Å²) in [5.41, 5.74) is 0.620. The first-order valence-corrected chi connectivity index (χ1v) is 4.58. The van der Waals surface area contributed by atoms with E-state index in [-0.39, 0.29) is 10.9 Å². The molecule has 2 nitrogen and oxygen atoms in total. The Morgan fingerprint density at radius 1 is 1.40 bits per heavy atom. The summed E-state index contributed by atoms with van der Waals surface area (Å²) in [6.07, 6.45) is -3.77. The lowest BCUT2D eigenvalue weighted by atomic mass is 10.1. The fraction of sp³-hybridized carbons (Fsp3) is 0.444. The van der Waals surface area contributed by atoms with Gasteiger partial charge in [0.05, 0.1) is 11.2 Å². The minimum absolute atomic E-state index is 0.0916. The number of alkyl halides is 3. The molecule has 1 rings (SSSR count). The first kappa shape index (κ1) is 12.1. The van der Waals surface area contributed by atoms with Crippen LogP contribution in [0.15, 0.2) is 12.3 Å². The Hall–Kier alpha value is -0.970. The number of aromatic nitrogens is 1. The molecule has 0 aliphatic heterocycles. The maximum atomic E-state index is 11.9. The second-order valence-corrected chi connectivity index (χ2v) is 3.65. The highest BCUT2D eigenvalue weighted by Gasteiger charge is 2.32. The Balaban J connectivity index is 2.94. The third kappa shape index (κ3) is 3.58. The van der Waals surface area contributed by atoms with E-state index in [4.69, 9.17) is 11.6 Å². The number of ether oxygens (including phenoxy) is 1. The van der Waals surface area contributed by atoms with Crippen LogP contribution in [0, 0.1) is 0 Å². The zero-order valence-corrected chi connectivity index (χ0v) is 8.86. The summed E-state index contributed by atoms with van der Waals surface area (Å²) in [7, 11) is 0. The second-order valence-electron chi connectivity index (χ2n) is 3.24. The first-order valence-electron chi connectivity index (χ1n) is 4.21. The number of rotatable bonds is 2. The predicted molar refractivity (Wildman–Crippen MR) is 50.0 cm³/mol. The van der Waals surface area contributed by atoms with Crippen LogP contribution in [-0.2, 0) is 0 Å². The zero-order chi connectivity index (χ0) is 11.6. The number of nitrogens with zero attached hydrogens (tertiary/aromatic N) is 1. The molecule has 0 aliphatic rings. The summed E-state index contributed by atoms with van der Waals surface area (Å²) in [5.74, 6) is -0.379. The number of halogens is 4. The molecule has 0 amide bonds. The zero-order valence-electron chi connectivity index (χ0n) is 8.10. The molecule has 0 radical (unpaired) electrons. The smallest absolute Gasteiger partial charge is 0.403 e. The average Bonchev–Trinajstić information content (AvgIpc) is 2.05. The first-order chi connectivity index (χ1) is 6.79. The quantitative estimate of drug-likeness (QED) is 0.784. The van der Waals surface area contributed by atoms with Gasteiger partial charge in [-0.3, -0.25) is 4.98 Å². The lowest BCUT2D eigenvalue weighted by Crippen LogP contribution is -2.17. The molecular formula is C9H9ClF3NO. The van der Waals surface area contributed by atoms with Crippen LogP contribution in [0.3, 0.4) is 0 Å². The average molecular weight is 240 g/mol. The third-order valence-corrected chi connectivity index (χ3v) is 1.95. The van der Waals surface area contributed by atoms with Crippen molar-refractivity contribution in [1.29, 1.82) is 0 Å². The van der Waals surface area contributed by atoms with Crippen LogP contribution in [-0.4, -0.2) is 11.3 Å². The molecule has 0 atom stereocenters. The molecule has 0 spiro atoms. The van der Waals surface area contributed by atoms with E-state index in [1.807, 2.05) is 13.8 Å². The second kappa shape index (κ2) is 4.26. The van der Waals surface area contributed by atoms with Crippen molar-refractivity contribution >= 4 is 11.6 Å². The van der Waals surface area contributed by atoms with Gasteiger partial charge >= 0.3 is 6.36 Å². The molecular weight excluding hydrogens is 231 g/mol. The molecule has 0 saturated carbocycles. The van der Waals surface area contributed by atoms with Gasteiger partial charge in [-0.1, -0.05) is 25.4 Å². The Labute approximate surface area is 90.0 Å². The molecule has 6 heteroatoms. The van der Waals surface area contributed by atoms with E-state index in [2.05, 4.69) is 9.72 Å². The Morgan fingerprint density at radius 2 is 2.00 bits per heavy atom. The molecule has 84 valence electrons. The summed E-state index contributed by atoms with van der Waals surface area (Å²) in [6.45, 7) is 3.73. The minimum atomic E-state index is -4.75. The number of pyridine rings is 1. The fourth-order valence-electron chi connectivity index (χ4n) is 0.949. The molecule has 0 fully saturated rings. The van der Waals surface area contributed by atoms with E-state index in [9.17, 15) is 13.2 Å². The van der Waals surface area contributed by atoms with Gasteiger partial charge < -0.3 is 4.74 Å². The van der Waals surface area contributed by atoms with Gasteiger partial charge in [0.2, 0.25) is 0 Å². The molecule has 1 aromatic rings. The standard InChI is InChI=1S/C9H9ClF3NO/c1-5(2)7-3-6(10)8(4-14-7)15-9(11,12)13/h3-5H,1-2H3. The van der Waals surface area contributed by atoms with E-state index in [0.29, 0.717) is 5.69 Å². The van der Waals surface area contributed by atoms with Crippen molar-refractivity contribution in [3.63, 3.8) is 0 Å². The number of hydrogen-bond donors (Lipinski definition) is 0. The highest BCUT2D eigenvalue weighted by molar-refractivity contribution is 6.32. The lowest BCUT2D eigenvalue weighted by Gasteiger charge is -2.11. The van der Waals surface area contributed by atoms with Crippen LogP contribution in [0.2, 0.25) is 5.02 Å². The van der Waals surface area contributed by atoms with E-state index in [0.717, 1.165) is 6.20 Å². The molecule has 0 unspecified atom stereocenters. The maximum absolute atomic E-state index is 11.9. The van der Waals surface area contributed by atoms with Gasteiger partial charge in [-0.05, 0) is 12.0 Å². The molecule has 1 heterocycles. The molecule has 0 bridgehead atoms. The van der Waals surface area contributed by atoms with Gasteiger partial charge in [0, 0.05) is 5.69 Å². The molecule has 1 aromatic heterocycles. The van der Waals surface area contributed by atoms with E-state index >= 15 is 0 Å². The Bertz CT molecular complexity index is 352. The molecule has 0 saturated heterocycles. The topological polar surface area (TPSA) is 22.1 Å². The van der Waals surface area contributed by atoms with Gasteiger partial charge in [-0.25, -0.2) is 0 Å². The Morgan fingerprint density at radius 3 is 2.40 bits per heavy atom. The molecule has 0 aromatic carbocycles. The predicted octanol–water partition coefficient (Wildman–Crippen LogP) is 3.76. The van der Waals surface area contributed by atoms with Crippen molar-refractivity contribution in [3.8, 4) is 5.75 Å². The summed E-state index contributed by atoms with van der Waals surface area (Å²) >= 11 is 5.61. The van der Waals surface area contributed by atoms with Crippen LogP contribution in [0.4, 0.5) is 13.2 Å². The van der Waals surface area contributed by atoms with Crippen LogP contribution in [0.5, 0.6) is 5.75 Å². The van der Waals surface area contributed by atoms with Crippen LogP contribution >= 0.6 is 11.6 Å². The van der Waals surface area contributed by atoms with Crippen LogP contribution in [0.25, 0.3) is 0 Å². The van der Waals surface area contributed by atoms with Crippen LogP contribution < -0.4 is 4.74 Å². The highest BCUT2D eigenvalue weighted by atomic mass is 35.5. The molecule has 0 aliphatic carbocycles. The monoisotopic (exact) mass is 239 g/mol. The Kier molecular flexibility index (Phi) is 3.44. The maximum Gasteiger partial charge on any atom is 0.573 e. The summed E-state index contributed by atoms with van der Waals surface area (Å²) in [5, 5.41) is -0.0916. The van der Waals surface area contributed by atoms with Crippen molar-refractivity contribution < 1.29 is 17.9 Å². The normalized spacial score (nSPS) is 11.9. The van der Waals surface area contributed by atoms with Crippen molar-refractivity contribution in [3.05, 3.63) is 23.0 Å². The summed E-state index contributed by atoms with van der Waals surface area (Å²) < 4.78 is 39.3. The number of hydrogen-bond acceptors (Lipinski definition) is 2. The van der Waals surface area contributed by atoms with Gasteiger partial charge in [0.1, 0.15) is 0 Å². The molecule has 15 heavy (non-hydrogen) atoms. The van der Waals surface area contributed by atoms with Crippen molar-refractivity contribution in [2.75, 3.05) is 0 Å². The van der Waals surface area contributed by atoms with Crippen LogP contribution in [0.1, 0.15) is 25.5 Å². The van der Waals surface area contributed by atoms with Crippen molar-refractivity contribution in [2.24, 2.45) is 0 Å². The van der Waals surface area contributed by atoms with E-state index in [1.54, 1.807) is 0 Å². The van der Waals surface area contributed by atoms with E-state index < -0.39 is 12.1 Å². The van der Waals surface area contributed by atoms with Gasteiger partial charge in [-0.15, -0.1) is 13.2 Å². The fourth-order valence-corrected chi connectivity index (χ4v) is 1.15. The van der Waals surface area contributed by atoms with Crippen molar-refractivity contribution in [2.45, 2.75) is 26.1 Å². The van der Waals surface area contributed by atoms with Gasteiger partial charge in [0.15, 0.2) is 5.75 Å². The SMILES string of the molecule is CC(C)c1cc(Cl)c(OC(F)(F)F)cn1. The van der Waals surface area contributed by atoms with E-state index in [1.165, 1.54) is 6.07 Å². The third-order valence-electron chi connectivity index (χ3n) is 1.66. The lowest BCUT2D eigenvalue weighted by molar-refractivity contribution is -0.274. The minimum Gasteiger partial charge on any atom is -0.403 e. The van der Waals surface area contributed by atoms with Gasteiger partial charge in [-0.2, -0.15) is 0 Å². The summed E-state index contributed by atoms with van der Waals surface area (Å²) in [6, 6.07) is 1.37. The summed E-state index contributed by atoms with van der Waals surface area (Å²) in [4.78, 5) is 3.81. The molecule has 0 N–H and O–H groups in total.